The number of ether oxygens (including phenoxy) is 1. The predicted octanol–water partition coefficient (Wildman–Crippen LogP) is 2.88. The van der Waals surface area contributed by atoms with E-state index in [1.165, 1.54) is 75.6 Å². The molecule has 0 spiro atoms. The summed E-state index contributed by atoms with van der Waals surface area (Å²) in [6.07, 6.45) is 12.3. The van der Waals surface area contributed by atoms with Gasteiger partial charge >= 0.3 is 29.6 Å². The number of benzene rings is 2. The second kappa shape index (κ2) is 14.1. The van der Waals surface area contributed by atoms with Crippen molar-refractivity contribution in [3.8, 4) is 17.2 Å². The largest absolute Gasteiger partial charge is 1.00 e. The molecule has 0 bridgehead atoms. The van der Waals surface area contributed by atoms with Crippen LogP contribution in [0.1, 0.15) is 70.3 Å². The Morgan fingerprint density at radius 1 is 0.867 bits per heavy atom. The summed E-state index contributed by atoms with van der Waals surface area (Å²) in [4.78, 5) is -0.219. The molecule has 2 aromatic rings. The average Bonchev–Trinajstić information content (AvgIpc) is 2.68. The monoisotopic (exact) mass is 442 g/mol. The molecule has 0 aliphatic carbocycles. The van der Waals surface area contributed by atoms with Crippen molar-refractivity contribution in [2.75, 3.05) is 0 Å². The van der Waals surface area contributed by atoms with Crippen LogP contribution in [-0.4, -0.2) is 13.0 Å². The maximum absolute atomic E-state index is 12.3. The van der Waals surface area contributed by atoms with Gasteiger partial charge in [-0.05, 0) is 48.7 Å². The van der Waals surface area contributed by atoms with E-state index in [4.69, 9.17) is 9.29 Å². The van der Waals surface area contributed by atoms with Crippen LogP contribution < -0.4 is 39.4 Å². The molecule has 0 heterocycles. The van der Waals surface area contributed by atoms with E-state index in [1.54, 1.807) is 12.1 Å². The third-order valence-corrected chi connectivity index (χ3v) is 5.79. The van der Waals surface area contributed by atoms with Crippen LogP contribution in [0.15, 0.2) is 47.4 Å². The summed E-state index contributed by atoms with van der Waals surface area (Å²) in [5.74, 6) is 0.332. The number of aryl methyl sites for hydroxylation is 1. The fraction of sp³-hybridized carbons (Fsp3) is 0.478. The second-order valence-electron chi connectivity index (χ2n) is 7.41. The molecule has 0 aliphatic rings. The number of hydrogen-bond donors (Lipinski definition) is 1. The van der Waals surface area contributed by atoms with Crippen molar-refractivity contribution in [3.05, 3.63) is 48.0 Å². The molecular formula is C23H31NaO5S. The molecule has 0 amide bonds. The first kappa shape index (κ1) is 27.0. The minimum atomic E-state index is -4.24. The molecule has 0 unspecified atom stereocenters. The Morgan fingerprint density at radius 2 is 1.43 bits per heavy atom. The van der Waals surface area contributed by atoms with Crippen LogP contribution in [-0.2, 0) is 16.5 Å². The Labute approximate surface area is 202 Å². The van der Waals surface area contributed by atoms with Gasteiger partial charge in [0.25, 0.3) is 10.1 Å². The van der Waals surface area contributed by atoms with E-state index in [9.17, 15) is 13.5 Å². The van der Waals surface area contributed by atoms with Crippen LogP contribution in [0.4, 0.5) is 0 Å². The van der Waals surface area contributed by atoms with E-state index in [1.807, 2.05) is 6.07 Å². The van der Waals surface area contributed by atoms with E-state index in [-0.39, 0.29) is 46.0 Å². The van der Waals surface area contributed by atoms with Gasteiger partial charge < -0.3 is 9.84 Å². The molecule has 0 fully saturated rings. The molecule has 2 rings (SSSR count). The van der Waals surface area contributed by atoms with Crippen LogP contribution in [0.3, 0.4) is 0 Å². The first-order valence-electron chi connectivity index (χ1n) is 10.5. The Balaban J connectivity index is 0.00000450. The fourth-order valence-corrected chi connectivity index (χ4v) is 3.72. The molecule has 0 aliphatic heterocycles. The van der Waals surface area contributed by atoms with E-state index in [0.29, 0.717) is 5.75 Å². The van der Waals surface area contributed by atoms with Crippen molar-refractivity contribution in [1.29, 1.82) is 0 Å². The molecule has 160 valence electrons. The van der Waals surface area contributed by atoms with Crippen molar-refractivity contribution >= 4 is 10.1 Å². The molecule has 7 heteroatoms. The van der Waals surface area contributed by atoms with Gasteiger partial charge in [0.1, 0.15) is 11.5 Å². The third kappa shape index (κ3) is 9.84. The van der Waals surface area contributed by atoms with Crippen LogP contribution in [0.25, 0.3) is 0 Å². The molecule has 0 radical (unpaired) electrons. The maximum atomic E-state index is 12.3. The summed E-state index contributed by atoms with van der Waals surface area (Å²) in [6, 6.07) is 10.4. The molecule has 0 saturated carbocycles. The van der Waals surface area contributed by atoms with Crippen LogP contribution in [0.2, 0.25) is 0 Å². The van der Waals surface area contributed by atoms with Gasteiger partial charge in [0.15, 0.2) is 0 Å². The van der Waals surface area contributed by atoms with Crippen molar-refractivity contribution in [2.24, 2.45) is 0 Å². The average molecular weight is 443 g/mol. The first-order valence-corrected chi connectivity index (χ1v) is 11.9. The van der Waals surface area contributed by atoms with E-state index < -0.39 is 10.1 Å². The van der Waals surface area contributed by atoms with Gasteiger partial charge in [-0.25, -0.2) is 0 Å². The van der Waals surface area contributed by atoms with Crippen molar-refractivity contribution in [2.45, 2.75) is 76.0 Å². The van der Waals surface area contributed by atoms with Gasteiger partial charge in [-0.2, -0.15) is 8.42 Å². The quantitative estimate of drug-likeness (QED) is 0.293. The smallest absolute Gasteiger partial charge is 0.870 e. The first-order chi connectivity index (χ1) is 13.9. The third-order valence-electron chi connectivity index (χ3n) is 4.93. The van der Waals surface area contributed by atoms with Gasteiger partial charge in [0.2, 0.25) is 0 Å². The summed E-state index contributed by atoms with van der Waals surface area (Å²) in [5.41, 5.74) is 1.01. The minimum absolute atomic E-state index is 0. The zero-order valence-electron chi connectivity index (χ0n) is 18.1. The molecular weight excluding hydrogens is 411 g/mol. The second-order valence-corrected chi connectivity index (χ2v) is 8.83. The molecule has 2 aromatic carbocycles. The maximum Gasteiger partial charge on any atom is 1.00 e. The van der Waals surface area contributed by atoms with Gasteiger partial charge in [-0.1, -0.05) is 76.2 Å². The zero-order valence-corrected chi connectivity index (χ0v) is 20.9. The molecule has 30 heavy (non-hydrogen) atoms. The molecule has 0 aromatic heterocycles. The van der Waals surface area contributed by atoms with E-state index in [2.05, 4.69) is 6.92 Å². The Hall–Kier alpha value is -1.05. The van der Waals surface area contributed by atoms with Crippen LogP contribution >= 0.6 is 0 Å². The topological polar surface area (TPSA) is 86.7 Å². The molecule has 5 nitrogen and oxygen atoms in total. The van der Waals surface area contributed by atoms with Crippen LogP contribution in [0, 0.1) is 0 Å². The standard InChI is InChI=1S/C23H32O5S.Na/c1-2-3-4-5-6-7-8-9-10-11-19-12-17-23(22(24)18-19)28-20-13-15-21(16-14-20)29(25,26)27;/h12-18,24H,2-11H2,1H3,(H,25,26,27);/q;+1/p-1. The fourth-order valence-electron chi connectivity index (χ4n) is 3.24. The summed E-state index contributed by atoms with van der Waals surface area (Å²) in [5, 5.41) is 12.3. The molecule has 0 atom stereocenters. The van der Waals surface area contributed by atoms with E-state index >= 15 is 0 Å². The number of rotatable bonds is 13. The predicted molar refractivity (Wildman–Crippen MR) is 113 cm³/mol. The Kier molecular flexibility index (Phi) is 12.7. The number of unbranched alkanes of at least 4 members (excludes halogenated alkanes) is 8. The summed E-state index contributed by atoms with van der Waals surface area (Å²) >= 11 is 0. The summed E-state index contributed by atoms with van der Waals surface area (Å²) < 4.78 is 36.6. The summed E-state index contributed by atoms with van der Waals surface area (Å²) in [6.45, 7) is 2.23. The van der Waals surface area contributed by atoms with Gasteiger partial charge in [0.05, 0.1) is 4.90 Å². The Bertz CT molecular complexity index is 850. The zero-order chi connectivity index (χ0) is 21.1. The number of hydrogen-bond acceptors (Lipinski definition) is 4. The summed E-state index contributed by atoms with van der Waals surface area (Å²) in [7, 11) is -4.24. The molecule has 1 N–H and O–H groups in total. The minimum Gasteiger partial charge on any atom is -0.870 e. The van der Waals surface area contributed by atoms with E-state index in [0.717, 1.165) is 18.4 Å². The van der Waals surface area contributed by atoms with Crippen molar-refractivity contribution in [3.63, 3.8) is 0 Å². The molecule has 0 saturated heterocycles. The van der Waals surface area contributed by atoms with Gasteiger partial charge in [-0.3, -0.25) is 4.55 Å². The van der Waals surface area contributed by atoms with Crippen molar-refractivity contribution in [1.82, 2.24) is 0 Å². The Morgan fingerprint density at radius 3 is 1.97 bits per heavy atom. The van der Waals surface area contributed by atoms with Crippen molar-refractivity contribution < 1.29 is 52.4 Å². The normalized spacial score (nSPS) is 11.1. The van der Waals surface area contributed by atoms with Crippen LogP contribution in [0.5, 0.6) is 17.2 Å². The SMILES string of the molecule is CCCCCCCCCCCc1ccc(Oc2ccc(S(=O)(=O)O)cc2)c([O-])c1.[Na+]. The van der Waals surface area contributed by atoms with Gasteiger partial charge in [0, 0.05) is 0 Å². The van der Waals surface area contributed by atoms with Gasteiger partial charge in [-0.15, -0.1) is 0 Å².